The number of rotatable bonds is 3. The lowest BCUT2D eigenvalue weighted by Crippen LogP contribution is -2.03. The quantitative estimate of drug-likeness (QED) is 0.695. The van der Waals surface area contributed by atoms with Crippen molar-refractivity contribution in [2.45, 2.75) is 19.9 Å². The highest BCUT2D eigenvalue weighted by molar-refractivity contribution is 6.28. The fourth-order valence-corrected chi connectivity index (χ4v) is 2.38. The van der Waals surface area contributed by atoms with Crippen molar-refractivity contribution < 1.29 is 4.74 Å². The molecule has 3 rings (SSSR count). The number of hydrogen-bond donors (Lipinski definition) is 0. The van der Waals surface area contributed by atoms with Gasteiger partial charge in [0.1, 0.15) is 0 Å². The van der Waals surface area contributed by atoms with Gasteiger partial charge in [0.15, 0.2) is 5.65 Å². The molecule has 0 spiro atoms. The summed E-state index contributed by atoms with van der Waals surface area (Å²) in [4.78, 5) is 16.9. The first-order valence-corrected chi connectivity index (χ1v) is 6.89. The Morgan fingerprint density at radius 2 is 2.05 bits per heavy atom. The Bertz CT molecular complexity index is 799. The summed E-state index contributed by atoms with van der Waals surface area (Å²) in [5.41, 5.74) is 3.12. The van der Waals surface area contributed by atoms with Gasteiger partial charge in [-0.25, -0.2) is 15.0 Å². The summed E-state index contributed by atoms with van der Waals surface area (Å²) < 4.78 is 7.32. The molecule has 108 valence electrons. The van der Waals surface area contributed by atoms with Gasteiger partial charge in [-0.15, -0.1) is 0 Å². The van der Waals surface area contributed by atoms with E-state index >= 15 is 0 Å². The summed E-state index contributed by atoms with van der Waals surface area (Å²) in [7, 11) is 1.60. The lowest BCUT2D eigenvalue weighted by molar-refractivity contribution is 0.350. The zero-order valence-electron chi connectivity index (χ0n) is 11.9. The minimum Gasteiger partial charge on any atom is -0.468 e. The second kappa shape index (κ2) is 5.29. The van der Waals surface area contributed by atoms with Gasteiger partial charge in [-0.1, -0.05) is 0 Å². The summed E-state index contributed by atoms with van der Waals surface area (Å²) in [6.07, 6.45) is 3.34. The second-order valence-electron chi connectivity index (χ2n) is 4.84. The van der Waals surface area contributed by atoms with Gasteiger partial charge in [0.05, 0.1) is 18.3 Å². The summed E-state index contributed by atoms with van der Waals surface area (Å²) in [6, 6.07) is 4.53. The molecule has 7 heteroatoms. The van der Waals surface area contributed by atoms with E-state index in [1.165, 1.54) is 0 Å². The van der Waals surface area contributed by atoms with E-state index in [1.807, 2.05) is 10.6 Å². The summed E-state index contributed by atoms with van der Waals surface area (Å²) in [5, 5.41) is 0.211. The van der Waals surface area contributed by atoms with E-state index in [4.69, 9.17) is 16.3 Å². The van der Waals surface area contributed by atoms with Crippen LogP contribution in [-0.2, 0) is 0 Å². The highest BCUT2D eigenvalue weighted by Gasteiger charge is 2.16. The molecule has 0 bridgehead atoms. The average Bonchev–Trinajstić information content (AvgIpc) is 2.84. The maximum absolute atomic E-state index is 5.84. The SMILES string of the molecule is COc1nc2ncc(-c3ccnc(Cl)n3)cc2n1C(C)C. The molecule has 6 nitrogen and oxygen atoms in total. The summed E-state index contributed by atoms with van der Waals surface area (Å²) in [6.45, 7) is 4.13. The zero-order valence-corrected chi connectivity index (χ0v) is 12.7. The van der Waals surface area contributed by atoms with Gasteiger partial charge in [-0.3, -0.25) is 4.57 Å². The molecule has 0 aromatic carbocycles. The largest absolute Gasteiger partial charge is 0.468 e. The highest BCUT2D eigenvalue weighted by Crippen LogP contribution is 2.28. The third kappa shape index (κ3) is 2.42. The van der Waals surface area contributed by atoms with Gasteiger partial charge in [0.25, 0.3) is 6.01 Å². The van der Waals surface area contributed by atoms with Crippen LogP contribution in [0.15, 0.2) is 24.5 Å². The number of halogens is 1. The first-order valence-electron chi connectivity index (χ1n) is 6.51. The molecule has 3 aromatic heterocycles. The Kier molecular flexibility index (Phi) is 3.47. The highest BCUT2D eigenvalue weighted by atomic mass is 35.5. The molecule has 0 atom stereocenters. The normalized spacial score (nSPS) is 11.3. The van der Waals surface area contributed by atoms with Crippen LogP contribution in [0.25, 0.3) is 22.4 Å². The van der Waals surface area contributed by atoms with Crippen molar-refractivity contribution in [1.82, 2.24) is 24.5 Å². The number of ether oxygens (including phenoxy) is 1. The van der Waals surface area contributed by atoms with Gasteiger partial charge in [0.2, 0.25) is 5.28 Å². The van der Waals surface area contributed by atoms with E-state index in [-0.39, 0.29) is 11.3 Å². The maximum atomic E-state index is 5.84. The number of hydrogen-bond acceptors (Lipinski definition) is 5. The first kappa shape index (κ1) is 13.8. The number of aromatic nitrogens is 5. The second-order valence-corrected chi connectivity index (χ2v) is 5.18. The number of nitrogens with zero attached hydrogens (tertiary/aromatic N) is 5. The van der Waals surface area contributed by atoms with Crippen LogP contribution in [-0.4, -0.2) is 31.6 Å². The lowest BCUT2D eigenvalue weighted by atomic mass is 10.2. The molecule has 3 aromatic rings. The van der Waals surface area contributed by atoms with E-state index in [0.717, 1.165) is 16.8 Å². The van der Waals surface area contributed by atoms with Crippen LogP contribution in [0.5, 0.6) is 6.01 Å². The lowest BCUT2D eigenvalue weighted by Gasteiger charge is -2.11. The Balaban J connectivity index is 2.21. The minimum atomic E-state index is 0.205. The Labute approximate surface area is 126 Å². The monoisotopic (exact) mass is 303 g/mol. The molecule has 0 unspecified atom stereocenters. The number of methoxy groups -OCH3 is 1. The molecule has 0 N–H and O–H groups in total. The molecule has 0 amide bonds. The van der Waals surface area contributed by atoms with Gasteiger partial charge in [-0.05, 0) is 37.6 Å². The van der Waals surface area contributed by atoms with Crippen molar-refractivity contribution in [2.24, 2.45) is 0 Å². The minimum absolute atomic E-state index is 0.205. The first-order chi connectivity index (χ1) is 10.1. The van der Waals surface area contributed by atoms with Crippen molar-refractivity contribution in [1.29, 1.82) is 0 Å². The van der Waals surface area contributed by atoms with E-state index in [9.17, 15) is 0 Å². The smallest absolute Gasteiger partial charge is 0.298 e. The Morgan fingerprint density at radius 1 is 1.24 bits per heavy atom. The van der Waals surface area contributed by atoms with E-state index in [0.29, 0.717) is 11.7 Å². The van der Waals surface area contributed by atoms with Crippen molar-refractivity contribution in [3.8, 4) is 17.3 Å². The van der Waals surface area contributed by atoms with Crippen LogP contribution in [0.1, 0.15) is 19.9 Å². The molecule has 0 fully saturated rings. The van der Waals surface area contributed by atoms with Crippen molar-refractivity contribution in [3.63, 3.8) is 0 Å². The van der Waals surface area contributed by atoms with E-state index in [1.54, 1.807) is 25.6 Å². The van der Waals surface area contributed by atoms with E-state index in [2.05, 4.69) is 33.8 Å². The van der Waals surface area contributed by atoms with Crippen molar-refractivity contribution >= 4 is 22.8 Å². The zero-order chi connectivity index (χ0) is 15.0. The molecule has 3 heterocycles. The van der Waals surface area contributed by atoms with Gasteiger partial charge < -0.3 is 4.74 Å². The van der Waals surface area contributed by atoms with Gasteiger partial charge in [0, 0.05) is 24.0 Å². The fraction of sp³-hybridized carbons (Fsp3) is 0.286. The molecule has 0 saturated heterocycles. The summed E-state index contributed by atoms with van der Waals surface area (Å²) >= 11 is 5.84. The van der Waals surface area contributed by atoms with Crippen LogP contribution in [0, 0.1) is 0 Å². The molecule has 0 saturated carbocycles. The van der Waals surface area contributed by atoms with Crippen molar-refractivity contribution in [2.75, 3.05) is 7.11 Å². The molecule has 0 radical (unpaired) electrons. The van der Waals surface area contributed by atoms with Crippen LogP contribution in [0.4, 0.5) is 0 Å². The standard InChI is InChI=1S/C14H14ClN5O/c1-8(2)20-11-6-9(10-4-5-16-13(15)18-10)7-17-12(11)19-14(20)21-3/h4-8H,1-3H3. The topological polar surface area (TPSA) is 65.7 Å². The maximum Gasteiger partial charge on any atom is 0.298 e. The average molecular weight is 304 g/mol. The van der Waals surface area contributed by atoms with Crippen molar-refractivity contribution in [3.05, 3.63) is 29.8 Å². The predicted molar refractivity (Wildman–Crippen MR) is 80.5 cm³/mol. The molecule has 0 aliphatic rings. The van der Waals surface area contributed by atoms with Crippen LogP contribution in [0.2, 0.25) is 5.28 Å². The Morgan fingerprint density at radius 3 is 2.71 bits per heavy atom. The predicted octanol–water partition coefficient (Wildman–Crippen LogP) is 3.13. The van der Waals surface area contributed by atoms with Gasteiger partial charge in [-0.2, -0.15) is 4.98 Å². The molecular formula is C14H14ClN5O. The van der Waals surface area contributed by atoms with E-state index < -0.39 is 0 Å². The third-order valence-electron chi connectivity index (χ3n) is 3.14. The molecular weight excluding hydrogens is 290 g/mol. The number of imidazole rings is 1. The Hall–Kier alpha value is -2.21. The summed E-state index contributed by atoms with van der Waals surface area (Å²) in [5.74, 6) is 0. The van der Waals surface area contributed by atoms with Gasteiger partial charge >= 0.3 is 0 Å². The fourth-order valence-electron chi connectivity index (χ4n) is 2.24. The molecule has 21 heavy (non-hydrogen) atoms. The number of pyridine rings is 1. The number of fused-ring (bicyclic) bond motifs is 1. The van der Waals surface area contributed by atoms with Crippen LogP contribution >= 0.6 is 11.6 Å². The van der Waals surface area contributed by atoms with Crippen LogP contribution < -0.4 is 4.74 Å². The third-order valence-corrected chi connectivity index (χ3v) is 3.32. The van der Waals surface area contributed by atoms with Crippen LogP contribution in [0.3, 0.4) is 0 Å². The molecule has 0 aliphatic heterocycles. The molecule has 0 aliphatic carbocycles.